The Morgan fingerprint density at radius 3 is 2.78 bits per heavy atom. The summed E-state index contributed by atoms with van der Waals surface area (Å²) in [5, 5.41) is 18.4. The molecule has 3 N–H and O–H groups in total. The number of carbonyl (C=O) groups is 3. The maximum absolute atomic E-state index is 14.9. The number of nitriles is 1. The van der Waals surface area contributed by atoms with Gasteiger partial charge in [-0.3, -0.25) is 14.4 Å². The van der Waals surface area contributed by atoms with Gasteiger partial charge in [-0.2, -0.15) is 5.26 Å². The molecule has 1 aromatic rings. The van der Waals surface area contributed by atoms with Crippen molar-refractivity contribution in [1.82, 2.24) is 15.5 Å². The molecule has 3 heterocycles. The highest BCUT2D eigenvalue weighted by Gasteiger charge is 2.60. The lowest BCUT2D eigenvalue weighted by Gasteiger charge is -2.54. The number of rotatable bonds is 7. The van der Waals surface area contributed by atoms with Crippen LogP contribution in [0.3, 0.4) is 0 Å². The zero-order valence-corrected chi connectivity index (χ0v) is 20.7. The number of hydrogen-bond acceptors (Lipinski definition) is 5. The summed E-state index contributed by atoms with van der Waals surface area (Å²) < 4.78 is 29.8. The summed E-state index contributed by atoms with van der Waals surface area (Å²) >= 11 is 6.02. The molecule has 11 heteroatoms. The van der Waals surface area contributed by atoms with Gasteiger partial charge in [-0.25, -0.2) is 8.78 Å². The van der Waals surface area contributed by atoms with E-state index in [1.165, 1.54) is 4.90 Å². The molecule has 4 fully saturated rings. The minimum absolute atomic E-state index is 0.0892. The molecule has 0 spiro atoms. The highest BCUT2D eigenvalue weighted by Crippen LogP contribution is 2.49. The van der Waals surface area contributed by atoms with Crippen molar-refractivity contribution in [2.45, 2.75) is 75.5 Å². The summed E-state index contributed by atoms with van der Waals surface area (Å²) in [7, 11) is 0. The zero-order chi connectivity index (χ0) is 26.0. The Balaban J connectivity index is 1.52. The third-order valence-corrected chi connectivity index (χ3v) is 7.66. The minimum Gasteiger partial charge on any atom is -0.374 e. The molecule has 1 aromatic carbocycles. The van der Waals surface area contributed by atoms with Crippen molar-refractivity contribution in [3.05, 3.63) is 29.3 Å². The van der Waals surface area contributed by atoms with Gasteiger partial charge >= 0.3 is 0 Å². The molecule has 194 valence electrons. The molecule has 8 nitrogen and oxygen atoms in total. The molecule has 4 aliphatic rings. The molecule has 0 unspecified atom stereocenters. The summed E-state index contributed by atoms with van der Waals surface area (Å²) in [5.74, 6) is -6.32. The van der Waals surface area contributed by atoms with E-state index in [4.69, 9.17) is 11.6 Å². The monoisotopic (exact) mass is 521 g/mol. The van der Waals surface area contributed by atoms with Crippen LogP contribution in [0.15, 0.2) is 24.3 Å². The van der Waals surface area contributed by atoms with Gasteiger partial charge in [0.25, 0.3) is 5.92 Å². The Morgan fingerprint density at radius 2 is 2.11 bits per heavy atom. The van der Waals surface area contributed by atoms with Gasteiger partial charge in [-0.05, 0) is 57.2 Å². The van der Waals surface area contributed by atoms with E-state index in [0.717, 1.165) is 6.42 Å². The number of nitrogens with one attached hydrogen (secondary N) is 3. The third kappa shape index (κ3) is 5.41. The van der Waals surface area contributed by atoms with E-state index < -0.39 is 60.2 Å². The van der Waals surface area contributed by atoms with E-state index in [9.17, 15) is 28.4 Å². The number of amides is 3. The van der Waals surface area contributed by atoms with Crippen LogP contribution >= 0.6 is 11.6 Å². The average Bonchev–Trinajstić information content (AvgIpc) is 2.83. The second-order valence-corrected chi connectivity index (χ2v) is 10.4. The van der Waals surface area contributed by atoms with Gasteiger partial charge in [0.1, 0.15) is 18.1 Å². The number of alkyl halides is 2. The van der Waals surface area contributed by atoms with Gasteiger partial charge in [0, 0.05) is 35.6 Å². The molecule has 0 aromatic heterocycles. The van der Waals surface area contributed by atoms with Crippen molar-refractivity contribution >= 4 is 35.0 Å². The Morgan fingerprint density at radius 1 is 1.33 bits per heavy atom. The SMILES string of the molecule is C[C@@H](Nc1cccc(Cl)c1)C(=O)N1[C@H]2CC[C@@H]([C@@H]1C(=O)N[C@@H](C#N)C[C@H]1CCCNC1=O)C(F)(F)C2. The lowest BCUT2D eigenvalue weighted by atomic mass is 9.71. The van der Waals surface area contributed by atoms with Gasteiger partial charge in [0.05, 0.1) is 12.0 Å². The van der Waals surface area contributed by atoms with Crippen molar-refractivity contribution in [3.63, 3.8) is 0 Å². The number of benzene rings is 1. The molecule has 3 saturated heterocycles. The molecular weight excluding hydrogens is 492 g/mol. The van der Waals surface area contributed by atoms with Crippen LogP contribution in [0.1, 0.15) is 45.4 Å². The number of hydrogen-bond donors (Lipinski definition) is 3. The first kappa shape index (κ1) is 26.1. The molecule has 2 bridgehead atoms. The number of fused-ring (bicyclic) bond motifs is 3. The van der Waals surface area contributed by atoms with E-state index >= 15 is 0 Å². The lowest BCUT2D eigenvalue weighted by Crippen LogP contribution is -2.70. The van der Waals surface area contributed by atoms with E-state index in [2.05, 4.69) is 16.0 Å². The summed E-state index contributed by atoms with van der Waals surface area (Å²) in [6.07, 6.45) is 1.43. The van der Waals surface area contributed by atoms with Crippen LogP contribution in [-0.4, -0.2) is 59.3 Å². The van der Waals surface area contributed by atoms with Gasteiger partial charge < -0.3 is 20.9 Å². The Hall–Kier alpha value is -2.93. The van der Waals surface area contributed by atoms with Crippen LogP contribution in [-0.2, 0) is 14.4 Å². The van der Waals surface area contributed by atoms with Gasteiger partial charge in [0.15, 0.2) is 0 Å². The number of carbonyl (C=O) groups excluding carboxylic acids is 3. The van der Waals surface area contributed by atoms with Crippen LogP contribution in [0.5, 0.6) is 0 Å². The standard InChI is InChI=1S/C25H30ClF2N5O3/c1-14(31-17-6-2-5-16(26)11-17)24(36)33-19-7-8-20(25(27,28)12-19)21(33)23(35)32-18(13-29)10-15-4-3-9-30-22(15)34/h2,5-6,11,14-15,18-21,31H,3-4,7-10,12H2,1H3,(H,30,34)(H,32,35)/t14-,15-,18-,19+,20+,21-/m1/s1. The summed E-state index contributed by atoms with van der Waals surface area (Å²) in [6.45, 7) is 2.18. The lowest BCUT2D eigenvalue weighted by molar-refractivity contribution is -0.194. The quantitative estimate of drug-likeness (QED) is 0.510. The first-order chi connectivity index (χ1) is 17.1. The van der Waals surface area contributed by atoms with Crippen molar-refractivity contribution in [2.75, 3.05) is 11.9 Å². The number of piperidine rings is 3. The largest absolute Gasteiger partial charge is 0.374 e. The fraction of sp³-hybridized carbons (Fsp3) is 0.600. The number of anilines is 1. The molecule has 0 radical (unpaired) electrons. The first-order valence-corrected chi connectivity index (χ1v) is 12.7. The van der Waals surface area contributed by atoms with Crippen molar-refractivity contribution in [1.29, 1.82) is 5.26 Å². The normalized spacial score (nSPS) is 28.4. The molecule has 36 heavy (non-hydrogen) atoms. The van der Waals surface area contributed by atoms with Crippen LogP contribution in [0.4, 0.5) is 14.5 Å². The Labute approximate surface area is 213 Å². The van der Waals surface area contributed by atoms with E-state index in [1.807, 2.05) is 6.07 Å². The van der Waals surface area contributed by atoms with E-state index in [1.54, 1.807) is 31.2 Å². The summed E-state index contributed by atoms with van der Waals surface area (Å²) in [5.41, 5.74) is 0.590. The number of nitrogens with zero attached hydrogens (tertiary/aromatic N) is 2. The first-order valence-electron chi connectivity index (χ1n) is 12.3. The fourth-order valence-corrected chi connectivity index (χ4v) is 5.87. The predicted molar refractivity (Wildman–Crippen MR) is 129 cm³/mol. The summed E-state index contributed by atoms with van der Waals surface area (Å²) in [6, 6.07) is 4.74. The van der Waals surface area contributed by atoms with Gasteiger partial charge in [-0.1, -0.05) is 17.7 Å². The zero-order valence-electron chi connectivity index (χ0n) is 20.0. The predicted octanol–water partition coefficient (Wildman–Crippen LogP) is 3.08. The van der Waals surface area contributed by atoms with Gasteiger partial charge in [-0.15, -0.1) is 0 Å². The Bertz CT molecular complexity index is 1060. The van der Waals surface area contributed by atoms with Crippen LogP contribution in [0.2, 0.25) is 5.02 Å². The highest BCUT2D eigenvalue weighted by molar-refractivity contribution is 6.30. The molecule has 5 rings (SSSR count). The minimum atomic E-state index is -3.10. The summed E-state index contributed by atoms with van der Waals surface area (Å²) in [4.78, 5) is 40.3. The number of halogens is 3. The highest BCUT2D eigenvalue weighted by atomic mass is 35.5. The second kappa shape index (κ2) is 10.6. The van der Waals surface area contributed by atoms with Crippen molar-refractivity contribution in [2.24, 2.45) is 11.8 Å². The van der Waals surface area contributed by atoms with E-state index in [-0.39, 0.29) is 18.7 Å². The second-order valence-electron chi connectivity index (χ2n) is 9.93. The van der Waals surface area contributed by atoms with Crippen molar-refractivity contribution in [3.8, 4) is 6.07 Å². The maximum atomic E-state index is 14.9. The maximum Gasteiger partial charge on any atom is 0.255 e. The van der Waals surface area contributed by atoms with Crippen LogP contribution in [0.25, 0.3) is 0 Å². The molecule has 1 saturated carbocycles. The molecule has 1 aliphatic carbocycles. The molecule has 6 atom stereocenters. The fourth-order valence-electron chi connectivity index (χ4n) is 5.68. The molecule has 3 aliphatic heterocycles. The van der Waals surface area contributed by atoms with Crippen LogP contribution in [0, 0.1) is 23.2 Å². The topological polar surface area (TPSA) is 114 Å². The smallest absolute Gasteiger partial charge is 0.255 e. The van der Waals surface area contributed by atoms with Crippen LogP contribution < -0.4 is 16.0 Å². The van der Waals surface area contributed by atoms with E-state index in [0.29, 0.717) is 30.1 Å². The van der Waals surface area contributed by atoms with Gasteiger partial charge in [0.2, 0.25) is 17.7 Å². The van der Waals surface area contributed by atoms with Crippen molar-refractivity contribution < 1.29 is 23.2 Å². The molecular formula is C25H30ClF2N5O3. The molecule has 3 amide bonds. The third-order valence-electron chi connectivity index (χ3n) is 7.43. The average molecular weight is 522 g/mol. The Kier molecular flexibility index (Phi) is 7.69.